The standard InChI is InChI=1S/C14H24O5/c1-9(2)10(13-11(15)8-12(16)19-13)4-5-14(3)17-6-7-18-14/h9-11,13,15H,4-8H2,1-3H3/t10-,11-,13-/m0/s1. The molecule has 0 aromatic rings. The molecule has 5 nitrogen and oxygen atoms in total. The van der Waals surface area contributed by atoms with Gasteiger partial charge in [-0.05, 0) is 19.3 Å². The summed E-state index contributed by atoms with van der Waals surface area (Å²) in [5.74, 6) is -0.370. The van der Waals surface area contributed by atoms with Gasteiger partial charge in [0.25, 0.3) is 0 Å². The summed E-state index contributed by atoms with van der Waals surface area (Å²) in [4.78, 5) is 11.3. The maximum Gasteiger partial charge on any atom is 0.308 e. The lowest BCUT2D eigenvalue weighted by Gasteiger charge is -2.31. The third-order valence-electron chi connectivity index (χ3n) is 4.13. The van der Waals surface area contributed by atoms with Crippen molar-refractivity contribution in [3.63, 3.8) is 0 Å². The normalized spacial score (nSPS) is 31.7. The molecule has 2 saturated heterocycles. The van der Waals surface area contributed by atoms with Gasteiger partial charge >= 0.3 is 5.97 Å². The van der Waals surface area contributed by atoms with E-state index in [4.69, 9.17) is 14.2 Å². The minimum absolute atomic E-state index is 0.109. The van der Waals surface area contributed by atoms with Gasteiger partial charge in [0.15, 0.2) is 5.79 Å². The van der Waals surface area contributed by atoms with E-state index < -0.39 is 18.0 Å². The molecule has 0 radical (unpaired) electrons. The fraction of sp³-hybridized carbons (Fsp3) is 0.929. The van der Waals surface area contributed by atoms with Crippen molar-refractivity contribution in [3.05, 3.63) is 0 Å². The maximum absolute atomic E-state index is 11.3. The number of ether oxygens (including phenoxy) is 3. The van der Waals surface area contributed by atoms with Crippen LogP contribution in [0.4, 0.5) is 0 Å². The molecule has 0 amide bonds. The average molecular weight is 272 g/mol. The summed E-state index contributed by atoms with van der Waals surface area (Å²) in [6.45, 7) is 7.37. The molecule has 2 fully saturated rings. The molecule has 0 saturated carbocycles. The van der Waals surface area contributed by atoms with E-state index in [0.29, 0.717) is 19.1 Å². The molecule has 110 valence electrons. The molecule has 1 N–H and O–H groups in total. The van der Waals surface area contributed by atoms with Crippen molar-refractivity contribution in [2.45, 2.75) is 58.0 Å². The van der Waals surface area contributed by atoms with E-state index in [1.54, 1.807) is 0 Å². The Kier molecular flexibility index (Phi) is 4.48. The largest absolute Gasteiger partial charge is 0.459 e. The number of rotatable bonds is 5. The smallest absolute Gasteiger partial charge is 0.308 e. The highest BCUT2D eigenvalue weighted by Crippen LogP contribution is 2.34. The summed E-state index contributed by atoms with van der Waals surface area (Å²) in [7, 11) is 0. The number of hydrogen-bond donors (Lipinski definition) is 1. The van der Waals surface area contributed by atoms with Gasteiger partial charge in [-0.3, -0.25) is 4.79 Å². The van der Waals surface area contributed by atoms with Crippen molar-refractivity contribution >= 4 is 5.97 Å². The first-order valence-electron chi connectivity index (χ1n) is 7.07. The second kappa shape index (κ2) is 5.77. The van der Waals surface area contributed by atoms with E-state index in [0.717, 1.165) is 12.8 Å². The van der Waals surface area contributed by atoms with Crippen LogP contribution in [-0.4, -0.2) is 42.3 Å². The molecule has 0 spiro atoms. The Bertz CT molecular complexity index is 322. The molecule has 2 rings (SSSR count). The Hall–Kier alpha value is -0.650. The van der Waals surface area contributed by atoms with E-state index in [2.05, 4.69) is 13.8 Å². The van der Waals surface area contributed by atoms with E-state index >= 15 is 0 Å². The number of hydrogen-bond acceptors (Lipinski definition) is 5. The minimum atomic E-state index is -0.682. The van der Waals surface area contributed by atoms with Crippen molar-refractivity contribution in [2.24, 2.45) is 11.8 Å². The van der Waals surface area contributed by atoms with Gasteiger partial charge < -0.3 is 19.3 Å². The van der Waals surface area contributed by atoms with Crippen molar-refractivity contribution in [2.75, 3.05) is 13.2 Å². The summed E-state index contributed by atoms with van der Waals surface area (Å²) < 4.78 is 16.5. The van der Waals surface area contributed by atoms with Crippen molar-refractivity contribution in [1.29, 1.82) is 0 Å². The Morgan fingerprint density at radius 3 is 2.47 bits per heavy atom. The van der Waals surface area contributed by atoms with E-state index in [-0.39, 0.29) is 18.3 Å². The monoisotopic (exact) mass is 272 g/mol. The number of esters is 1. The maximum atomic E-state index is 11.3. The van der Waals surface area contributed by atoms with Gasteiger partial charge in [-0.2, -0.15) is 0 Å². The molecular formula is C14H24O5. The predicted molar refractivity (Wildman–Crippen MR) is 68.4 cm³/mol. The lowest BCUT2D eigenvalue weighted by atomic mass is 9.83. The van der Waals surface area contributed by atoms with Crippen LogP contribution in [0.3, 0.4) is 0 Å². The Balaban J connectivity index is 1.94. The van der Waals surface area contributed by atoms with Gasteiger partial charge in [0, 0.05) is 12.3 Å². The van der Waals surface area contributed by atoms with Crippen LogP contribution in [0.5, 0.6) is 0 Å². The van der Waals surface area contributed by atoms with E-state index in [1.165, 1.54) is 0 Å². The van der Waals surface area contributed by atoms with Gasteiger partial charge in [-0.25, -0.2) is 0 Å². The first kappa shape index (κ1) is 14.8. The highest BCUT2D eigenvalue weighted by atomic mass is 16.7. The second-order valence-electron chi connectivity index (χ2n) is 6.00. The van der Waals surface area contributed by atoms with Crippen molar-refractivity contribution < 1.29 is 24.1 Å². The molecule has 5 heteroatoms. The Labute approximate surface area is 114 Å². The van der Waals surface area contributed by atoms with Crippen molar-refractivity contribution in [1.82, 2.24) is 0 Å². The van der Waals surface area contributed by atoms with Gasteiger partial charge in [0.1, 0.15) is 12.2 Å². The molecule has 2 aliphatic rings. The quantitative estimate of drug-likeness (QED) is 0.768. The zero-order chi connectivity index (χ0) is 14.0. The number of carbonyl (C=O) groups is 1. The van der Waals surface area contributed by atoms with E-state index in [9.17, 15) is 9.90 Å². The molecule has 19 heavy (non-hydrogen) atoms. The molecule has 2 heterocycles. The molecular weight excluding hydrogens is 248 g/mol. The van der Waals surface area contributed by atoms with Crippen LogP contribution in [0.2, 0.25) is 0 Å². The number of carbonyl (C=O) groups excluding carboxylic acids is 1. The van der Waals surface area contributed by atoms with Gasteiger partial charge in [0.2, 0.25) is 0 Å². The summed E-state index contributed by atoms with van der Waals surface area (Å²) >= 11 is 0. The highest BCUT2D eigenvalue weighted by molar-refractivity contribution is 5.72. The lowest BCUT2D eigenvalue weighted by Crippen LogP contribution is -2.36. The van der Waals surface area contributed by atoms with E-state index in [1.807, 2.05) is 6.92 Å². The zero-order valence-corrected chi connectivity index (χ0v) is 11.9. The first-order valence-corrected chi connectivity index (χ1v) is 7.07. The Morgan fingerprint density at radius 1 is 1.37 bits per heavy atom. The number of aliphatic hydroxyl groups excluding tert-OH is 1. The Morgan fingerprint density at radius 2 is 2.00 bits per heavy atom. The minimum Gasteiger partial charge on any atom is -0.459 e. The third kappa shape index (κ3) is 3.46. The fourth-order valence-corrected chi connectivity index (χ4v) is 2.95. The lowest BCUT2D eigenvalue weighted by molar-refractivity contribution is -0.155. The fourth-order valence-electron chi connectivity index (χ4n) is 2.95. The van der Waals surface area contributed by atoms with Gasteiger partial charge in [-0.1, -0.05) is 13.8 Å². The SMILES string of the molecule is CC(C)[C@H](CCC1(C)OCCO1)[C@@H]1OC(=O)C[C@@H]1O. The topological polar surface area (TPSA) is 65.0 Å². The summed E-state index contributed by atoms with van der Waals surface area (Å²) in [6, 6.07) is 0. The molecule has 2 aliphatic heterocycles. The zero-order valence-electron chi connectivity index (χ0n) is 11.9. The molecule has 0 aromatic carbocycles. The second-order valence-corrected chi connectivity index (χ2v) is 6.00. The number of aliphatic hydroxyl groups is 1. The third-order valence-corrected chi connectivity index (χ3v) is 4.13. The predicted octanol–water partition coefficient (Wildman–Crippen LogP) is 1.48. The summed E-state index contributed by atoms with van der Waals surface area (Å²) in [6.07, 6.45) is 0.591. The average Bonchev–Trinajstić information content (AvgIpc) is 2.87. The molecule has 0 aromatic heterocycles. The first-order chi connectivity index (χ1) is 8.91. The van der Waals surface area contributed by atoms with Crippen LogP contribution < -0.4 is 0 Å². The molecule has 0 aliphatic carbocycles. The molecule has 0 unspecified atom stereocenters. The van der Waals surface area contributed by atoms with Crippen molar-refractivity contribution in [3.8, 4) is 0 Å². The highest BCUT2D eigenvalue weighted by Gasteiger charge is 2.41. The van der Waals surface area contributed by atoms with Crippen LogP contribution in [0.1, 0.15) is 40.0 Å². The van der Waals surface area contributed by atoms with Crippen LogP contribution in [-0.2, 0) is 19.0 Å². The van der Waals surface area contributed by atoms with Crippen LogP contribution in [0, 0.1) is 11.8 Å². The van der Waals surface area contributed by atoms with Gasteiger partial charge in [0.05, 0.1) is 19.6 Å². The summed E-state index contributed by atoms with van der Waals surface area (Å²) in [5, 5.41) is 9.93. The number of cyclic esters (lactones) is 1. The molecule has 0 bridgehead atoms. The van der Waals surface area contributed by atoms with Crippen LogP contribution >= 0.6 is 0 Å². The van der Waals surface area contributed by atoms with Crippen LogP contribution in [0.15, 0.2) is 0 Å². The molecule has 3 atom stereocenters. The van der Waals surface area contributed by atoms with Crippen LogP contribution in [0.25, 0.3) is 0 Å². The van der Waals surface area contributed by atoms with Gasteiger partial charge in [-0.15, -0.1) is 0 Å². The summed E-state index contributed by atoms with van der Waals surface area (Å²) in [5.41, 5.74) is 0.